The maximum atomic E-state index is 13.0. The van der Waals surface area contributed by atoms with Crippen molar-refractivity contribution in [1.82, 2.24) is 9.78 Å². The standard InChI is InChI=1S/C20H23F2N3O4S/c1-20(2)9-12(6-7-28-20)25-17-15(18(27)24-25)16(30-10-14(26)23-17)11-4-3-5-13(8-11)29-19(21)22/h3-5,8,12,16,19H,6-7,9-10H2,1-2H3,(H,23,26)(H,24,27)/t12-,16+/m0/s1. The summed E-state index contributed by atoms with van der Waals surface area (Å²) >= 11 is 1.28. The van der Waals surface area contributed by atoms with Crippen LogP contribution in [0.2, 0.25) is 0 Å². The Morgan fingerprint density at radius 3 is 2.87 bits per heavy atom. The van der Waals surface area contributed by atoms with Gasteiger partial charge in [0.15, 0.2) is 0 Å². The quantitative estimate of drug-likeness (QED) is 0.759. The summed E-state index contributed by atoms with van der Waals surface area (Å²) in [7, 11) is 0. The highest BCUT2D eigenvalue weighted by atomic mass is 32.2. The molecule has 1 aromatic heterocycles. The first-order valence-electron chi connectivity index (χ1n) is 9.68. The second-order valence-electron chi connectivity index (χ2n) is 8.02. The smallest absolute Gasteiger partial charge is 0.387 e. The predicted octanol–water partition coefficient (Wildman–Crippen LogP) is 3.68. The lowest BCUT2D eigenvalue weighted by molar-refractivity contribution is -0.113. The number of nitrogens with zero attached hydrogens (tertiary/aromatic N) is 1. The maximum absolute atomic E-state index is 13.0. The van der Waals surface area contributed by atoms with Gasteiger partial charge in [-0.1, -0.05) is 12.1 Å². The van der Waals surface area contributed by atoms with Crippen molar-refractivity contribution in [3.8, 4) is 5.75 Å². The summed E-state index contributed by atoms with van der Waals surface area (Å²) in [4.78, 5) is 25.4. The van der Waals surface area contributed by atoms with Gasteiger partial charge in [-0.3, -0.25) is 19.4 Å². The molecule has 0 radical (unpaired) electrons. The van der Waals surface area contributed by atoms with Crippen molar-refractivity contribution in [3.63, 3.8) is 0 Å². The first-order chi connectivity index (χ1) is 14.2. The molecule has 1 fully saturated rings. The van der Waals surface area contributed by atoms with Crippen molar-refractivity contribution in [2.75, 3.05) is 17.7 Å². The summed E-state index contributed by atoms with van der Waals surface area (Å²) < 4.78 is 37.3. The second-order valence-corrected chi connectivity index (χ2v) is 9.11. The first kappa shape index (κ1) is 20.9. The van der Waals surface area contributed by atoms with E-state index in [0.717, 1.165) is 0 Å². The Labute approximate surface area is 176 Å². The van der Waals surface area contributed by atoms with E-state index >= 15 is 0 Å². The third kappa shape index (κ3) is 4.24. The molecule has 2 aromatic rings. The Kier molecular flexibility index (Phi) is 5.63. The van der Waals surface area contributed by atoms with Crippen LogP contribution in [-0.4, -0.2) is 40.3 Å². The molecule has 1 saturated heterocycles. The Hall–Kier alpha value is -2.33. The van der Waals surface area contributed by atoms with E-state index in [0.29, 0.717) is 36.4 Å². The van der Waals surface area contributed by atoms with E-state index in [2.05, 4.69) is 15.2 Å². The van der Waals surface area contributed by atoms with E-state index in [1.54, 1.807) is 16.8 Å². The highest BCUT2D eigenvalue weighted by Gasteiger charge is 2.36. The summed E-state index contributed by atoms with van der Waals surface area (Å²) in [6, 6.07) is 6.21. The number of carbonyl (C=O) groups is 1. The molecule has 7 nitrogen and oxygen atoms in total. The van der Waals surface area contributed by atoms with E-state index in [4.69, 9.17) is 4.74 Å². The van der Waals surface area contributed by atoms with Crippen molar-refractivity contribution in [1.29, 1.82) is 0 Å². The van der Waals surface area contributed by atoms with Gasteiger partial charge in [-0.05, 0) is 44.4 Å². The van der Waals surface area contributed by atoms with Gasteiger partial charge in [-0.2, -0.15) is 8.78 Å². The van der Waals surface area contributed by atoms with Gasteiger partial charge in [-0.15, -0.1) is 11.8 Å². The Bertz CT molecular complexity index is 1000. The number of hydrogen-bond donors (Lipinski definition) is 2. The maximum Gasteiger partial charge on any atom is 0.387 e. The number of fused-ring (bicyclic) bond motifs is 1. The van der Waals surface area contributed by atoms with Crippen LogP contribution in [0.4, 0.5) is 14.6 Å². The monoisotopic (exact) mass is 439 g/mol. The molecule has 2 atom stereocenters. The number of halogens is 2. The van der Waals surface area contributed by atoms with Gasteiger partial charge < -0.3 is 14.8 Å². The number of carbonyl (C=O) groups excluding carboxylic acids is 1. The van der Waals surface area contributed by atoms with E-state index in [-0.39, 0.29) is 34.6 Å². The lowest BCUT2D eigenvalue weighted by Crippen LogP contribution is -2.36. The van der Waals surface area contributed by atoms with Gasteiger partial charge in [0.05, 0.1) is 28.2 Å². The van der Waals surface area contributed by atoms with Gasteiger partial charge in [0.25, 0.3) is 5.56 Å². The van der Waals surface area contributed by atoms with Crippen molar-refractivity contribution in [2.24, 2.45) is 0 Å². The van der Waals surface area contributed by atoms with Crippen LogP contribution < -0.4 is 15.6 Å². The topological polar surface area (TPSA) is 85.4 Å². The van der Waals surface area contributed by atoms with Gasteiger partial charge >= 0.3 is 6.61 Å². The van der Waals surface area contributed by atoms with Crippen molar-refractivity contribution in [2.45, 2.75) is 50.2 Å². The summed E-state index contributed by atoms with van der Waals surface area (Å²) in [5.41, 5.74) is 0.367. The van der Waals surface area contributed by atoms with E-state index in [1.807, 2.05) is 13.8 Å². The molecule has 2 aliphatic rings. The zero-order valence-corrected chi connectivity index (χ0v) is 17.4. The van der Waals surface area contributed by atoms with Gasteiger partial charge in [0.2, 0.25) is 5.91 Å². The minimum atomic E-state index is -2.94. The molecule has 4 rings (SSSR count). The molecule has 0 unspecified atom stereocenters. The average Bonchev–Trinajstić information content (AvgIpc) is 2.87. The summed E-state index contributed by atoms with van der Waals surface area (Å²) in [6.07, 6.45) is 1.38. The molecule has 3 heterocycles. The second kappa shape index (κ2) is 8.07. The number of rotatable bonds is 4. The number of benzene rings is 1. The average molecular weight is 439 g/mol. The highest BCUT2D eigenvalue weighted by Crippen LogP contribution is 2.42. The number of H-pyrrole nitrogens is 1. The molecule has 0 aliphatic carbocycles. The van der Waals surface area contributed by atoms with Crippen LogP contribution in [0.5, 0.6) is 5.75 Å². The minimum Gasteiger partial charge on any atom is -0.435 e. The molecule has 0 bridgehead atoms. The molecule has 2 N–H and O–H groups in total. The van der Waals surface area contributed by atoms with E-state index < -0.39 is 11.9 Å². The largest absolute Gasteiger partial charge is 0.435 e. The number of aromatic nitrogens is 2. The van der Waals surface area contributed by atoms with E-state index in [1.165, 1.54) is 23.9 Å². The Balaban J connectivity index is 1.76. The summed E-state index contributed by atoms with van der Waals surface area (Å²) in [6.45, 7) is 1.59. The molecular formula is C20H23F2N3O4S. The normalized spacial score (nSPS) is 23.6. The number of aromatic amines is 1. The van der Waals surface area contributed by atoms with Crippen molar-refractivity contribution < 1.29 is 23.0 Å². The Morgan fingerprint density at radius 1 is 1.33 bits per heavy atom. The van der Waals surface area contributed by atoms with Crippen LogP contribution in [0.15, 0.2) is 29.1 Å². The molecule has 2 aliphatic heterocycles. The number of thioether (sulfide) groups is 1. The van der Waals surface area contributed by atoms with Crippen molar-refractivity contribution in [3.05, 3.63) is 45.7 Å². The molecule has 0 saturated carbocycles. The molecule has 10 heteroatoms. The molecule has 1 aromatic carbocycles. The number of ether oxygens (including phenoxy) is 2. The van der Waals surface area contributed by atoms with Crippen molar-refractivity contribution >= 4 is 23.5 Å². The molecule has 0 spiro atoms. The van der Waals surface area contributed by atoms with Crippen LogP contribution >= 0.6 is 11.8 Å². The number of alkyl halides is 2. The van der Waals surface area contributed by atoms with Crippen LogP contribution in [-0.2, 0) is 9.53 Å². The predicted molar refractivity (Wildman–Crippen MR) is 109 cm³/mol. The van der Waals surface area contributed by atoms with Crippen LogP contribution in [0, 0.1) is 0 Å². The SMILES string of the molecule is CC1(C)C[C@@H](n2[nH]c(=O)c3c2NC(=O)CS[C@@H]3c2cccc(OC(F)F)c2)CCO1. The lowest BCUT2D eigenvalue weighted by atomic mass is 9.94. The summed E-state index contributed by atoms with van der Waals surface area (Å²) in [5.74, 6) is 0.360. The zero-order chi connectivity index (χ0) is 21.5. The van der Waals surface area contributed by atoms with Gasteiger partial charge in [-0.25, -0.2) is 0 Å². The fourth-order valence-electron chi connectivity index (χ4n) is 4.05. The lowest BCUT2D eigenvalue weighted by Gasteiger charge is -2.36. The third-order valence-electron chi connectivity index (χ3n) is 5.29. The van der Waals surface area contributed by atoms with Crippen LogP contribution in [0.3, 0.4) is 0 Å². The molecule has 1 amide bonds. The highest BCUT2D eigenvalue weighted by molar-refractivity contribution is 8.00. The molecule has 30 heavy (non-hydrogen) atoms. The molecule has 162 valence electrons. The van der Waals surface area contributed by atoms with E-state index in [9.17, 15) is 18.4 Å². The third-order valence-corrected chi connectivity index (χ3v) is 6.56. The summed E-state index contributed by atoms with van der Waals surface area (Å²) in [5, 5.41) is 5.24. The first-order valence-corrected chi connectivity index (χ1v) is 10.7. The zero-order valence-electron chi connectivity index (χ0n) is 16.6. The van der Waals surface area contributed by atoms with Gasteiger partial charge in [0, 0.05) is 6.61 Å². The van der Waals surface area contributed by atoms with Crippen LogP contribution in [0.1, 0.15) is 49.1 Å². The number of hydrogen-bond acceptors (Lipinski definition) is 5. The van der Waals surface area contributed by atoms with Crippen LogP contribution in [0.25, 0.3) is 0 Å². The minimum absolute atomic E-state index is 0.00947. The molecular weight excluding hydrogens is 416 g/mol. The number of nitrogens with one attached hydrogen (secondary N) is 2. The number of anilines is 1. The fraction of sp³-hybridized carbons (Fsp3) is 0.500. The fourth-order valence-corrected chi connectivity index (χ4v) is 5.17. The Morgan fingerprint density at radius 2 is 2.13 bits per heavy atom. The number of amides is 1. The van der Waals surface area contributed by atoms with Gasteiger partial charge in [0.1, 0.15) is 11.6 Å².